The molecule has 0 aliphatic carbocycles. The number of hydrogen-bond donors (Lipinski definition) is 0. The van der Waals surface area contributed by atoms with Gasteiger partial charge in [-0.2, -0.15) is 0 Å². The third-order valence-electron chi connectivity index (χ3n) is 13.3. The van der Waals surface area contributed by atoms with Gasteiger partial charge in [0.1, 0.15) is 13.5 Å². The zero-order valence-electron chi connectivity index (χ0n) is 41.7. The number of nitrogens with zero attached hydrogens (tertiary/aromatic N) is 12. The fourth-order valence-corrected chi connectivity index (χ4v) is 10.9. The average Bonchev–Trinajstić information content (AvgIpc) is 4.07. The number of rotatable bonds is 18. The number of amides is 2. The van der Waals surface area contributed by atoms with Crippen molar-refractivity contribution in [2.75, 3.05) is 40.4 Å². The summed E-state index contributed by atoms with van der Waals surface area (Å²) in [6, 6.07) is 21.5. The van der Waals surface area contributed by atoms with E-state index in [1.165, 1.54) is 12.2 Å². The molecule has 2 aromatic heterocycles. The highest BCUT2D eigenvalue weighted by Crippen LogP contribution is 2.50. The van der Waals surface area contributed by atoms with E-state index in [1.54, 1.807) is 69.8 Å². The van der Waals surface area contributed by atoms with Gasteiger partial charge >= 0.3 is 0 Å². The Kier molecular flexibility index (Phi) is 16.6. The molecule has 0 saturated carbocycles. The quantitative estimate of drug-likeness (QED) is 0.0443. The lowest BCUT2D eigenvalue weighted by molar-refractivity contribution is -0.387. The number of benzene rings is 4. The fraction of sp³-hybridized carbons (Fsp3) is 0.385. The summed E-state index contributed by atoms with van der Waals surface area (Å²) in [6.07, 6.45) is 9.09. The molecule has 2 aliphatic rings. The SMILES string of the molecule is COCn1nnnc1C1CCCN(C(=O)/C=C/c2ccc(Sc3ccc(/C=C/C(=O)N4CCCC(c5nnnn5COC)C4)c(-c4ccccc4C(C)C)c3[N+](=O)[O-])c([N+](=O)[O-])c2-c2ccccc2C(C)C)C1. The van der Waals surface area contributed by atoms with Crippen LogP contribution in [0.1, 0.15) is 111 Å². The highest BCUT2D eigenvalue weighted by molar-refractivity contribution is 7.99. The van der Waals surface area contributed by atoms with Crippen molar-refractivity contribution >= 4 is 47.1 Å². The van der Waals surface area contributed by atoms with Gasteiger partial charge in [-0.25, -0.2) is 9.36 Å². The van der Waals surface area contributed by atoms with Crippen molar-refractivity contribution in [2.24, 2.45) is 0 Å². The normalized spacial score (nSPS) is 16.3. The molecule has 2 atom stereocenters. The Balaban J connectivity index is 1.19. The van der Waals surface area contributed by atoms with Gasteiger partial charge in [0.2, 0.25) is 11.8 Å². The van der Waals surface area contributed by atoms with Crippen molar-refractivity contribution < 1.29 is 28.9 Å². The Hall–Kier alpha value is -7.49. The molecule has 4 aromatic carbocycles. The maximum Gasteiger partial charge on any atom is 0.291 e. The number of tetrazole rings is 2. The molecule has 2 saturated heterocycles. The number of hydrogen-bond acceptors (Lipinski definition) is 15. The molecule has 0 N–H and O–H groups in total. The van der Waals surface area contributed by atoms with Crippen molar-refractivity contribution in [3.05, 3.63) is 139 Å². The van der Waals surface area contributed by atoms with Gasteiger partial charge in [0, 0.05) is 64.4 Å². The van der Waals surface area contributed by atoms with Gasteiger partial charge < -0.3 is 19.3 Å². The summed E-state index contributed by atoms with van der Waals surface area (Å²) in [6.45, 7) is 10.1. The van der Waals surface area contributed by atoms with E-state index in [-0.39, 0.29) is 81.2 Å². The van der Waals surface area contributed by atoms with Crippen LogP contribution in [0.3, 0.4) is 0 Å². The Morgan fingerprint density at radius 3 is 1.45 bits per heavy atom. The summed E-state index contributed by atoms with van der Waals surface area (Å²) < 4.78 is 13.7. The largest absolute Gasteiger partial charge is 0.362 e. The van der Waals surface area contributed by atoms with Gasteiger partial charge in [-0.1, -0.05) is 100 Å². The second kappa shape index (κ2) is 23.4. The van der Waals surface area contributed by atoms with Crippen LogP contribution in [-0.2, 0) is 32.5 Å². The monoisotopic (exact) mass is 1010 g/mol. The number of carbonyl (C=O) groups excluding carboxylic acids is 2. The minimum Gasteiger partial charge on any atom is -0.362 e. The fourth-order valence-electron chi connectivity index (χ4n) is 9.87. The van der Waals surface area contributed by atoms with Gasteiger partial charge in [-0.15, -0.1) is 10.2 Å². The van der Waals surface area contributed by atoms with E-state index < -0.39 is 9.85 Å². The van der Waals surface area contributed by atoms with Crippen molar-refractivity contribution in [1.29, 1.82) is 0 Å². The van der Waals surface area contributed by atoms with Crippen molar-refractivity contribution in [3.8, 4) is 22.3 Å². The molecule has 2 aliphatic heterocycles. The van der Waals surface area contributed by atoms with Crippen molar-refractivity contribution in [1.82, 2.24) is 50.2 Å². The molecule has 8 rings (SSSR count). The molecular formula is C52H58N12O8S. The maximum atomic E-state index is 14.0. The standard InChI is InChI=1S/C52H58N12O8S/c1-33(2)39-15-7-9-17-41(39)47-35(21-25-45(65)59-27-11-13-37(29-59)51-53-55-57-61(51)31-71-5)19-23-43(49(47)63(67)68)73-44-24-20-36(48(50(44)64(69)70)42-18-10-8-16-40(42)34(3)4)22-26-46(66)60-28-12-14-38(30-60)52-54-56-58-62(52)32-72-6/h7-10,15-26,33-34,37-38H,11-14,27-32H2,1-6H3/b25-21+,26-22+. The van der Waals surface area contributed by atoms with E-state index in [0.29, 0.717) is 60.1 Å². The number of ether oxygens (including phenoxy) is 2. The molecule has 0 bridgehead atoms. The zero-order valence-corrected chi connectivity index (χ0v) is 42.5. The summed E-state index contributed by atoms with van der Waals surface area (Å²) in [4.78, 5) is 58.0. The summed E-state index contributed by atoms with van der Waals surface area (Å²) >= 11 is 0.926. The molecular weight excluding hydrogens is 953 g/mol. The summed E-state index contributed by atoms with van der Waals surface area (Å²) in [7, 11) is 3.11. The second-order valence-electron chi connectivity index (χ2n) is 18.7. The molecule has 380 valence electrons. The Morgan fingerprint density at radius 1 is 0.658 bits per heavy atom. The van der Waals surface area contributed by atoms with Crippen LogP contribution in [0.15, 0.2) is 94.7 Å². The van der Waals surface area contributed by atoms with E-state index in [0.717, 1.165) is 48.6 Å². The molecule has 6 aromatic rings. The van der Waals surface area contributed by atoms with Crippen molar-refractivity contribution in [3.63, 3.8) is 0 Å². The molecule has 0 radical (unpaired) electrons. The Labute approximate surface area is 426 Å². The molecule has 20 nitrogen and oxygen atoms in total. The lowest BCUT2D eigenvalue weighted by Crippen LogP contribution is -2.39. The lowest BCUT2D eigenvalue weighted by Gasteiger charge is -2.31. The van der Waals surface area contributed by atoms with Crippen LogP contribution < -0.4 is 0 Å². The first-order valence-electron chi connectivity index (χ1n) is 24.2. The minimum absolute atomic E-state index is 0.0427. The van der Waals surface area contributed by atoms with Gasteiger partial charge in [-0.3, -0.25) is 29.8 Å². The van der Waals surface area contributed by atoms with Gasteiger partial charge in [0.15, 0.2) is 11.6 Å². The smallest absolute Gasteiger partial charge is 0.291 e. The first-order valence-corrected chi connectivity index (χ1v) is 25.0. The summed E-state index contributed by atoms with van der Waals surface area (Å²) in [5, 5.41) is 51.3. The second-order valence-corrected chi connectivity index (χ2v) is 19.8. The van der Waals surface area contributed by atoms with Crippen LogP contribution in [0.4, 0.5) is 11.4 Å². The predicted octanol–water partition coefficient (Wildman–Crippen LogP) is 9.25. The van der Waals surface area contributed by atoms with Gasteiger partial charge in [0.25, 0.3) is 11.4 Å². The third-order valence-corrected chi connectivity index (χ3v) is 14.4. The number of methoxy groups -OCH3 is 2. The van der Waals surface area contributed by atoms with Crippen LogP contribution in [0.25, 0.3) is 34.4 Å². The van der Waals surface area contributed by atoms with E-state index >= 15 is 0 Å². The van der Waals surface area contributed by atoms with Gasteiger partial charge in [0.05, 0.1) is 30.8 Å². The van der Waals surface area contributed by atoms with Crippen LogP contribution >= 0.6 is 11.8 Å². The number of carbonyl (C=O) groups is 2. The number of nitro benzene ring substituents is 2. The topological polar surface area (TPSA) is 233 Å². The zero-order chi connectivity index (χ0) is 51.8. The lowest BCUT2D eigenvalue weighted by atomic mass is 9.89. The minimum atomic E-state index is -0.458. The number of nitro groups is 2. The molecule has 2 amide bonds. The number of aromatic nitrogens is 8. The average molecular weight is 1010 g/mol. The summed E-state index contributed by atoms with van der Waals surface area (Å²) in [5.41, 5.74) is 3.77. The molecule has 21 heteroatoms. The third kappa shape index (κ3) is 11.4. The first kappa shape index (κ1) is 51.9. The van der Waals surface area contributed by atoms with Gasteiger partial charge in [-0.05, 0) is 116 Å². The Morgan fingerprint density at radius 2 is 1.07 bits per heavy atom. The van der Waals surface area contributed by atoms with Crippen LogP contribution in [0.5, 0.6) is 0 Å². The maximum absolute atomic E-state index is 14.0. The number of likely N-dealkylation sites (tertiary alicyclic amines) is 2. The molecule has 0 spiro atoms. The van der Waals surface area contributed by atoms with Crippen LogP contribution in [0, 0.1) is 20.2 Å². The Bertz CT molecular complexity index is 2860. The molecule has 4 heterocycles. The van der Waals surface area contributed by atoms with Crippen LogP contribution in [-0.4, -0.2) is 112 Å². The molecule has 2 fully saturated rings. The highest BCUT2D eigenvalue weighted by Gasteiger charge is 2.33. The van der Waals surface area contributed by atoms with E-state index in [4.69, 9.17) is 9.47 Å². The van der Waals surface area contributed by atoms with E-state index in [9.17, 15) is 29.8 Å². The highest BCUT2D eigenvalue weighted by atomic mass is 32.2. The van der Waals surface area contributed by atoms with Crippen LogP contribution in [0.2, 0.25) is 0 Å². The molecule has 2 unspecified atom stereocenters. The number of piperidine rings is 2. The molecule has 73 heavy (non-hydrogen) atoms. The van der Waals surface area contributed by atoms with Crippen molar-refractivity contribution in [2.45, 2.75) is 100 Å². The van der Waals surface area contributed by atoms with E-state index in [2.05, 4.69) is 31.1 Å². The summed E-state index contributed by atoms with van der Waals surface area (Å²) in [5.74, 6) is 0.373. The first-order chi connectivity index (χ1) is 35.3. The van der Waals surface area contributed by atoms with E-state index in [1.807, 2.05) is 76.2 Å². The predicted molar refractivity (Wildman–Crippen MR) is 274 cm³/mol.